The van der Waals surface area contributed by atoms with E-state index in [9.17, 15) is 9.59 Å². The summed E-state index contributed by atoms with van der Waals surface area (Å²) in [5, 5.41) is 0.528. The highest BCUT2D eigenvalue weighted by molar-refractivity contribution is 5.94. The van der Waals surface area contributed by atoms with Crippen LogP contribution in [-0.2, 0) is 6.54 Å². The summed E-state index contributed by atoms with van der Waals surface area (Å²) in [6, 6.07) is 10.6. The smallest absolute Gasteiger partial charge is 0.258 e. The first-order valence-corrected chi connectivity index (χ1v) is 8.87. The van der Waals surface area contributed by atoms with E-state index < -0.39 is 0 Å². The maximum Gasteiger partial charge on any atom is 0.258 e. The molecule has 0 fully saturated rings. The van der Waals surface area contributed by atoms with Gasteiger partial charge in [-0.3, -0.25) is 14.2 Å². The highest BCUT2D eigenvalue weighted by Crippen LogP contribution is 2.11. The van der Waals surface area contributed by atoms with Crippen LogP contribution in [-0.4, -0.2) is 41.9 Å². The number of pyridine rings is 1. The first kappa shape index (κ1) is 17.6. The monoisotopic (exact) mass is 374 g/mol. The molecule has 0 aliphatic heterocycles. The molecule has 0 spiro atoms. The molecular formula is C20H18N6O2. The van der Waals surface area contributed by atoms with Gasteiger partial charge in [-0.15, -0.1) is 0 Å². The molecule has 1 amide bonds. The van der Waals surface area contributed by atoms with Crippen LogP contribution in [0, 0.1) is 0 Å². The number of aromatic amines is 1. The fourth-order valence-corrected chi connectivity index (χ4v) is 2.96. The van der Waals surface area contributed by atoms with Gasteiger partial charge >= 0.3 is 0 Å². The van der Waals surface area contributed by atoms with Crippen LogP contribution in [0.3, 0.4) is 0 Å². The van der Waals surface area contributed by atoms with Crippen molar-refractivity contribution in [2.45, 2.75) is 13.5 Å². The topological polar surface area (TPSA) is 96.8 Å². The van der Waals surface area contributed by atoms with Crippen LogP contribution in [0.25, 0.3) is 16.7 Å². The second-order valence-corrected chi connectivity index (χ2v) is 6.22. The summed E-state index contributed by atoms with van der Waals surface area (Å²) in [5.41, 5.74) is 0.861. The van der Waals surface area contributed by atoms with Crippen LogP contribution in [0.15, 0.2) is 66.1 Å². The van der Waals surface area contributed by atoms with Crippen molar-refractivity contribution in [1.29, 1.82) is 0 Å². The lowest BCUT2D eigenvalue weighted by Crippen LogP contribution is -2.32. The molecule has 8 heteroatoms. The molecule has 28 heavy (non-hydrogen) atoms. The fraction of sp³-hybridized carbons (Fsp3) is 0.150. The van der Waals surface area contributed by atoms with Crippen LogP contribution >= 0.6 is 0 Å². The van der Waals surface area contributed by atoms with Crippen molar-refractivity contribution in [3.05, 3.63) is 83.1 Å². The molecule has 3 heterocycles. The Kier molecular flexibility index (Phi) is 4.67. The molecule has 0 radical (unpaired) electrons. The molecule has 0 bridgehead atoms. The molecule has 1 aromatic carbocycles. The molecule has 4 aromatic rings. The lowest BCUT2D eigenvalue weighted by atomic mass is 10.2. The second-order valence-electron chi connectivity index (χ2n) is 6.22. The minimum atomic E-state index is -0.213. The van der Waals surface area contributed by atoms with Crippen molar-refractivity contribution in [3.63, 3.8) is 0 Å². The molecule has 140 valence electrons. The third-order valence-electron chi connectivity index (χ3n) is 4.44. The third-order valence-corrected chi connectivity index (χ3v) is 4.44. The summed E-state index contributed by atoms with van der Waals surface area (Å²) in [6.07, 6.45) is 6.63. The Balaban J connectivity index is 1.57. The van der Waals surface area contributed by atoms with Gasteiger partial charge in [0.2, 0.25) is 0 Å². The van der Waals surface area contributed by atoms with Crippen LogP contribution < -0.4 is 5.56 Å². The van der Waals surface area contributed by atoms with Crippen molar-refractivity contribution in [2.24, 2.45) is 0 Å². The van der Waals surface area contributed by atoms with Gasteiger partial charge in [-0.25, -0.2) is 15.0 Å². The van der Waals surface area contributed by atoms with Gasteiger partial charge in [0.15, 0.2) is 0 Å². The van der Waals surface area contributed by atoms with Crippen LogP contribution in [0.5, 0.6) is 0 Å². The lowest BCUT2D eigenvalue weighted by molar-refractivity contribution is 0.0748. The summed E-state index contributed by atoms with van der Waals surface area (Å²) in [6.45, 7) is 2.56. The Morgan fingerprint density at radius 2 is 2.07 bits per heavy atom. The minimum absolute atomic E-state index is 0.178. The number of H-pyrrole nitrogens is 1. The normalized spacial score (nSPS) is 10.9. The molecule has 4 rings (SSSR count). The number of fused-ring (bicyclic) bond motifs is 1. The van der Waals surface area contributed by atoms with E-state index in [1.165, 1.54) is 6.20 Å². The fourth-order valence-electron chi connectivity index (χ4n) is 2.96. The van der Waals surface area contributed by atoms with E-state index in [1.807, 2.05) is 13.0 Å². The number of amides is 1. The molecule has 1 N–H and O–H groups in total. The largest absolute Gasteiger partial charge is 0.331 e. The molecule has 0 unspecified atom stereocenters. The van der Waals surface area contributed by atoms with Crippen molar-refractivity contribution < 1.29 is 4.79 Å². The number of rotatable bonds is 5. The first-order valence-electron chi connectivity index (χ1n) is 8.87. The Bertz CT molecular complexity index is 1170. The average Bonchev–Trinajstić information content (AvgIpc) is 3.27. The third kappa shape index (κ3) is 3.39. The summed E-state index contributed by atoms with van der Waals surface area (Å²) in [4.78, 5) is 42.3. The molecule has 0 saturated heterocycles. The van der Waals surface area contributed by atoms with Gasteiger partial charge in [-0.2, -0.15) is 0 Å². The summed E-state index contributed by atoms with van der Waals surface area (Å²) in [7, 11) is 0. The number of carbonyl (C=O) groups excluding carboxylic acids is 1. The number of nitrogens with zero attached hydrogens (tertiary/aromatic N) is 5. The molecule has 3 aromatic heterocycles. The summed E-state index contributed by atoms with van der Waals surface area (Å²) >= 11 is 0. The van der Waals surface area contributed by atoms with E-state index in [-0.39, 0.29) is 18.0 Å². The zero-order valence-electron chi connectivity index (χ0n) is 15.2. The molecule has 0 saturated carbocycles. The van der Waals surface area contributed by atoms with Crippen LogP contribution in [0.4, 0.5) is 0 Å². The molecule has 0 aliphatic carbocycles. The predicted molar refractivity (Wildman–Crippen MR) is 104 cm³/mol. The van der Waals surface area contributed by atoms with Crippen LogP contribution in [0.1, 0.15) is 23.1 Å². The molecule has 8 nitrogen and oxygen atoms in total. The maximum absolute atomic E-state index is 12.9. The minimum Gasteiger partial charge on any atom is -0.331 e. The van der Waals surface area contributed by atoms with Crippen molar-refractivity contribution in [1.82, 2.24) is 29.4 Å². The first-order chi connectivity index (χ1) is 13.7. The van der Waals surface area contributed by atoms with E-state index in [0.717, 1.165) is 0 Å². The summed E-state index contributed by atoms with van der Waals surface area (Å²) < 4.78 is 1.76. The number of imidazole rings is 1. The maximum atomic E-state index is 12.9. The van der Waals surface area contributed by atoms with E-state index in [0.29, 0.717) is 34.7 Å². The number of hydrogen-bond donors (Lipinski definition) is 1. The number of nitrogens with one attached hydrogen (secondary N) is 1. The van der Waals surface area contributed by atoms with Crippen LogP contribution in [0.2, 0.25) is 0 Å². The van der Waals surface area contributed by atoms with Crippen molar-refractivity contribution in [3.8, 4) is 5.82 Å². The molecule has 0 aliphatic rings. The quantitative estimate of drug-likeness (QED) is 0.577. The van der Waals surface area contributed by atoms with Gasteiger partial charge in [-0.05, 0) is 31.2 Å². The number of carbonyl (C=O) groups is 1. The number of benzene rings is 1. The molecule has 0 atom stereocenters. The zero-order chi connectivity index (χ0) is 19.5. The van der Waals surface area contributed by atoms with Gasteiger partial charge in [0.1, 0.15) is 18.0 Å². The molecular weight excluding hydrogens is 356 g/mol. The van der Waals surface area contributed by atoms with E-state index in [1.54, 1.807) is 58.5 Å². The zero-order valence-corrected chi connectivity index (χ0v) is 15.2. The van der Waals surface area contributed by atoms with E-state index in [2.05, 4.69) is 19.9 Å². The number of para-hydroxylation sites is 1. The Morgan fingerprint density at radius 1 is 1.21 bits per heavy atom. The number of hydrogen-bond acceptors (Lipinski definition) is 5. The van der Waals surface area contributed by atoms with E-state index >= 15 is 0 Å². The Labute approximate surface area is 160 Å². The Morgan fingerprint density at radius 3 is 2.79 bits per heavy atom. The van der Waals surface area contributed by atoms with E-state index in [4.69, 9.17) is 0 Å². The Hall–Kier alpha value is -3.81. The second kappa shape index (κ2) is 7.43. The predicted octanol–water partition coefficient (Wildman–Crippen LogP) is 2.17. The highest BCUT2D eigenvalue weighted by atomic mass is 16.2. The highest BCUT2D eigenvalue weighted by Gasteiger charge is 2.17. The van der Waals surface area contributed by atoms with Crippen molar-refractivity contribution >= 4 is 16.8 Å². The van der Waals surface area contributed by atoms with Gasteiger partial charge in [-0.1, -0.05) is 12.1 Å². The van der Waals surface area contributed by atoms with Gasteiger partial charge in [0, 0.05) is 25.1 Å². The SMILES string of the molecule is CCN(Cc1nc2ccccc2c(=O)[nH]1)C(=O)c1ccc(-n2ccnc2)nc1. The van der Waals surface area contributed by atoms with Gasteiger partial charge < -0.3 is 9.88 Å². The van der Waals surface area contributed by atoms with Crippen molar-refractivity contribution in [2.75, 3.05) is 6.54 Å². The van der Waals surface area contributed by atoms with Gasteiger partial charge in [0.05, 0.1) is 23.0 Å². The average molecular weight is 374 g/mol. The lowest BCUT2D eigenvalue weighted by Gasteiger charge is -2.20. The summed E-state index contributed by atoms with van der Waals surface area (Å²) in [5.74, 6) is 0.947. The number of aromatic nitrogens is 5. The van der Waals surface area contributed by atoms with Gasteiger partial charge in [0.25, 0.3) is 11.5 Å². The standard InChI is InChI=1S/C20H18N6O2/c1-2-25(12-17-23-16-6-4-3-5-15(16)19(27)24-17)20(28)14-7-8-18(22-11-14)26-10-9-21-13-26/h3-11,13H,2,12H2,1H3,(H,23,24,27).